The van der Waals surface area contributed by atoms with Crippen molar-refractivity contribution in [2.75, 3.05) is 7.05 Å². The topological polar surface area (TPSA) is 50.5 Å². The highest BCUT2D eigenvalue weighted by atomic mass is 19.1. The molecular weight excluding hydrogens is 369 g/mol. The van der Waals surface area contributed by atoms with E-state index in [2.05, 4.69) is 6.92 Å². The molecule has 0 spiro atoms. The number of benzene rings is 2. The summed E-state index contributed by atoms with van der Waals surface area (Å²) in [7, 11) is 1.68. The summed E-state index contributed by atoms with van der Waals surface area (Å²) < 4.78 is 19.1. The van der Waals surface area contributed by atoms with Crippen molar-refractivity contribution in [3.8, 4) is 0 Å². The number of ketones is 1. The van der Waals surface area contributed by atoms with Crippen LogP contribution in [0.25, 0.3) is 0 Å². The van der Waals surface area contributed by atoms with Gasteiger partial charge in [0.1, 0.15) is 17.3 Å². The van der Waals surface area contributed by atoms with Gasteiger partial charge in [0.25, 0.3) is 5.91 Å². The summed E-state index contributed by atoms with van der Waals surface area (Å²) in [6.45, 7) is 2.51. The summed E-state index contributed by atoms with van der Waals surface area (Å²) in [5, 5.41) is 0. The van der Waals surface area contributed by atoms with E-state index in [9.17, 15) is 14.0 Å². The Bertz CT molecular complexity index is 1050. The van der Waals surface area contributed by atoms with Crippen LogP contribution in [0.3, 0.4) is 0 Å². The first kappa shape index (κ1) is 19.1. The van der Waals surface area contributed by atoms with Gasteiger partial charge in [0.05, 0.1) is 12.1 Å². The number of furan rings is 1. The minimum absolute atomic E-state index is 0.270. The largest absolute Gasteiger partial charge is 0.464 e. The molecule has 2 aromatic carbocycles. The molecule has 1 fully saturated rings. The zero-order valence-corrected chi connectivity index (χ0v) is 16.4. The Labute approximate surface area is 169 Å². The van der Waals surface area contributed by atoms with Crippen molar-refractivity contribution in [1.82, 2.24) is 4.90 Å². The number of carbonyl (C=O) groups excluding carboxylic acids is 2. The van der Waals surface area contributed by atoms with Crippen LogP contribution in [-0.4, -0.2) is 23.6 Å². The SMILES string of the molecule is C[C@H]1C[C@H]1c1ccc(CN(C)C(=O)c2ccccc2C(=O)c2ccc(F)cc2)o1. The second-order valence-corrected chi connectivity index (χ2v) is 7.67. The molecule has 1 amide bonds. The predicted octanol–water partition coefficient (Wildman–Crippen LogP) is 5.05. The maximum absolute atomic E-state index is 13.2. The smallest absolute Gasteiger partial charge is 0.254 e. The summed E-state index contributed by atoms with van der Waals surface area (Å²) in [5.41, 5.74) is 0.943. The molecule has 0 unspecified atom stereocenters. The maximum atomic E-state index is 13.2. The molecule has 4 rings (SSSR count). The standard InChI is InChI=1S/C24H22FNO3/c1-15-13-21(15)22-12-11-18(29-22)14-26(2)24(28)20-6-4-3-5-19(20)23(27)16-7-9-17(25)10-8-16/h3-12,15,21H,13-14H2,1-2H3/t15-,21+/m0/s1. The molecule has 1 aliphatic carbocycles. The molecule has 1 aromatic heterocycles. The van der Waals surface area contributed by atoms with Crippen molar-refractivity contribution in [1.29, 1.82) is 0 Å². The third-order valence-electron chi connectivity index (χ3n) is 5.41. The summed E-state index contributed by atoms with van der Waals surface area (Å²) in [5.74, 6) is 1.83. The lowest BCUT2D eigenvalue weighted by atomic mass is 9.97. The van der Waals surface area contributed by atoms with E-state index >= 15 is 0 Å². The fourth-order valence-corrected chi connectivity index (χ4v) is 3.53. The first-order valence-corrected chi connectivity index (χ1v) is 9.67. The number of amides is 1. The van der Waals surface area contributed by atoms with Gasteiger partial charge in [-0.2, -0.15) is 0 Å². The Balaban J connectivity index is 1.53. The lowest BCUT2D eigenvalue weighted by molar-refractivity contribution is 0.0770. The fraction of sp³-hybridized carbons (Fsp3) is 0.250. The number of halogens is 1. The van der Waals surface area contributed by atoms with Crippen LogP contribution in [0.5, 0.6) is 0 Å². The second-order valence-electron chi connectivity index (χ2n) is 7.67. The Morgan fingerprint density at radius 3 is 2.34 bits per heavy atom. The number of nitrogens with zero attached hydrogens (tertiary/aromatic N) is 1. The van der Waals surface area contributed by atoms with Gasteiger partial charge in [0.2, 0.25) is 0 Å². The molecule has 0 saturated heterocycles. The summed E-state index contributed by atoms with van der Waals surface area (Å²) in [6.07, 6.45) is 1.14. The number of rotatable bonds is 6. The van der Waals surface area contributed by atoms with E-state index in [4.69, 9.17) is 4.42 Å². The van der Waals surface area contributed by atoms with Crippen LogP contribution < -0.4 is 0 Å². The molecule has 0 bridgehead atoms. The monoisotopic (exact) mass is 391 g/mol. The molecule has 2 atom stereocenters. The number of hydrogen-bond acceptors (Lipinski definition) is 3. The van der Waals surface area contributed by atoms with Crippen LogP contribution in [0.15, 0.2) is 65.1 Å². The van der Waals surface area contributed by atoms with Crippen LogP contribution in [0.1, 0.15) is 57.1 Å². The van der Waals surface area contributed by atoms with Gasteiger partial charge in [-0.15, -0.1) is 0 Å². The molecule has 0 radical (unpaired) electrons. The minimum Gasteiger partial charge on any atom is -0.464 e. The Morgan fingerprint density at radius 2 is 1.69 bits per heavy atom. The fourth-order valence-electron chi connectivity index (χ4n) is 3.53. The molecule has 1 heterocycles. The summed E-state index contributed by atoms with van der Waals surface area (Å²) in [6, 6.07) is 15.9. The van der Waals surface area contributed by atoms with Crippen molar-refractivity contribution in [3.05, 3.63) is 94.7 Å². The van der Waals surface area contributed by atoms with Crippen LogP contribution in [0.2, 0.25) is 0 Å². The van der Waals surface area contributed by atoms with E-state index in [1.54, 1.807) is 31.3 Å². The van der Waals surface area contributed by atoms with Crippen LogP contribution in [0.4, 0.5) is 4.39 Å². The average Bonchev–Trinajstić information content (AvgIpc) is 3.28. The molecule has 29 heavy (non-hydrogen) atoms. The molecule has 5 heteroatoms. The van der Waals surface area contributed by atoms with Gasteiger partial charge in [-0.3, -0.25) is 9.59 Å². The van der Waals surface area contributed by atoms with Gasteiger partial charge in [0.15, 0.2) is 5.78 Å². The zero-order valence-electron chi connectivity index (χ0n) is 16.4. The molecular formula is C24H22FNO3. The average molecular weight is 391 g/mol. The van der Waals surface area contributed by atoms with Crippen molar-refractivity contribution >= 4 is 11.7 Å². The predicted molar refractivity (Wildman–Crippen MR) is 107 cm³/mol. The van der Waals surface area contributed by atoms with Gasteiger partial charge in [0, 0.05) is 24.1 Å². The number of hydrogen-bond donors (Lipinski definition) is 0. The molecule has 3 aromatic rings. The third-order valence-corrected chi connectivity index (χ3v) is 5.41. The molecule has 4 nitrogen and oxygen atoms in total. The van der Waals surface area contributed by atoms with Gasteiger partial charge in [-0.05, 0) is 54.8 Å². The van der Waals surface area contributed by atoms with E-state index in [1.807, 2.05) is 12.1 Å². The van der Waals surface area contributed by atoms with Gasteiger partial charge >= 0.3 is 0 Å². The van der Waals surface area contributed by atoms with Crippen molar-refractivity contribution in [2.24, 2.45) is 5.92 Å². The molecule has 1 saturated carbocycles. The van der Waals surface area contributed by atoms with Crippen molar-refractivity contribution in [2.45, 2.75) is 25.8 Å². The van der Waals surface area contributed by atoms with Gasteiger partial charge < -0.3 is 9.32 Å². The minimum atomic E-state index is -0.413. The molecule has 0 N–H and O–H groups in total. The Hall–Kier alpha value is -3.21. The number of carbonyl (C=O) groups is 2. The van der Waals surface area contributed by atoms with Crippen LogP contribution in [0, 0.1) is 11.7 Å². The lowest BCUT2D eigenvalue weighted by Crippen LogP contribution is -2.27. The highest BCUT2D eigenvalue weighted by Gasteiger charge is 2.36. The van der Waals surface area contributed by atoms with E-state index in [1.165, 1.54) is 29.2 Å². The summed E-state index contributed by atoms with van der Waals surface area (Å²) in [4.78, 5) is 27.4. The van der Waals surface area contributed by atoms with Crippen molar-refractivity contribution in [3.63, 3.8) is 0 Å². The lowest BCUT2D eigenvalue weighted by Gasteiger charge is -2.17. The third kappa shape index (κ3) is 3.99. The van der Waals surface area contributed by atoms with Gasteiger partial charge in [-0.25, -0.2) is 4.39 Å². The van der Waals surface area contributed by atoms with Crippen molar-refractivity contribution < 1.29 is 18.4 Å². The van der Waals surface area contributed by atoms with E-state index in [-0.39, 0.29) is 11.7 Å². The molecule has 1 aliphatic rings. The van der Waals surface area contributed by atoms with E-state index in [0.29, 0.717) is 35.1 Å². The van der Waals surface area contributed by atoms with E-state index in [0.717, 1.165) is 17.9 Å². The second kappa shape index (κ2) is 7.66. The van der Waals surface area contributed by atoms with Gasteiger partial charge in [-0.1, -0.05) is 25.1 Å². The summed E-state index contributed by atoms with van der Waals surface area (Å²) >= 11 is 0. The van der Waals surface area contributed by atoms with E-state index < -0.39 is 5.82 Å². The van der Waals surface area contributed by atoms with Crippen LogP contribution in [-0.2, 0) is 6.54 Å². The first-order valence-electron chi connectivity index (χ1n) is 9.67. The molecule has 0 aliphatic heterocycles. The molecule has 148 valence electrons. The van der Waals surface area contributed by atoms with Crippen LogP contribution >= 0.6 is 0 Å². The Kier molecular flexibility index (Phi) is 5.05. The highest BCUT2D eigenvalue weighted by molar-refractivity contribution is 6.15. The maximum Gasteiger partial charge on any atom is 0.254 e. The zero-order chi connectivity index (χ0) is 20.5. The normalized spacial score (nSPS) is 17.8. The Morgan fingerprint density at radius 1 is 1.03 bits per heavy atom. The quantitative estimate of drug-likeness (QED) is 0.553. The first-order chi connectivity index (χ1) is 13.9. The highest BCUT2D eigenvalue weighted by Crippen LogP contribution is 2.47.